The van der Waals surface area contributed by atoms with E-state index in [1.165, 1.54) is 9.36 Å². The third kappa shape index (κ3) is 2.96. The monoisotopic (exact) mass is 274 g/mol. The first-order valence-electron chi connectivity index (χ1n) is 6.58. The van der Waals surface area contributed by atoms with Gasteiger partial charge in [0.1, 0.15) is 12.4 Å². The second kappa shape index (κ2) is 6.18. The van der Waals surface area contributed by atoms with Crippen LogP contribution in [0.25, 0.3) is 5.69 Å². The van der Waals surface area contributed by atoms with Gasteiger partial charge in [0.15, 0.2) is 0 Å². The molecule has 2 aromatic rings. The first-order chi connectivity index (χ1) is 9.65. The number of ether oxygens (including phenoxy) is 1. The highest BCUT2D eigenvalue weighted by Gasteiger charge is 2.07. The lowest BCUT2D eigenvalue weighted by atomic mass is 10.2. The van der Waals surface area contributed by atoms with Crippen molar-refractivity contribution >= 4 is 0 Å². The zero-order chi connectivity index (χ0) is 14.5. The summed E-state index contributed by atoms with van der Waals surface area (Å²) in [5, 5.41) is 7.61. The van der Waals surface area contributed by atoms with Gasteiger partial charge in [-0.25, -0.2) is 4.79 Å². The number of hydrogen-bond donors (Lipinski definition) is 0. The Kier molecular flexibility index (Phi) is 4.34. The third-order valence-corrected chi connectivity index (χ3v) is 2.96. The van der Waals surface area contributed by atoms with Crippen molar-refractivity contribution in [2.75, 3.05) is 6.61 Å². The van der Waals surface area contributed by atoms with Gasteiger partial charge >= 0.3 is 5.69 Å². The lowest BCUT2D eigenvalue weighted by Crippen LogP contribution is -2.23. The Morgan fingerprint density at radius 1 is 1.25 bits per heavy atom. The van der Waals surface area contributed by atoms with Crippen molar-refractivity contribution in [1.82, 2.24) is 19.8 Å². The fourth-order valence-corrected chi connectivity index (χ4v) is 1.61. The van der Waals surface area contributed by atoms with Gasteiger partial charge in [-0.15, -0.1) is 0 Å². The lowest BCUT2D eigenvalue weighted by molar-refractivity contribution is 0.349. The van der Waals surface area contributed by atoms with Crippen molar-refractivity contribution in [2.24, 2.45) is 0 Å². The van der Waals surface area contributed by atoms with E-state index in [0.717, 1.165) is 17.7 Å². The molecule has 0 radical (unpaired) electrons. The Morgan fingerprint density at radius 3 is 2.50 bits per heavy atom. The molecule has 6 nitrogen and oxygen atoms in total. The van der Waals surface area contributed by atoms with E-state index in [9.17, 15) is 4.79 Å². The van der Waals surface area contributed by atoms with Crippen molar-refractivity contribution in [3.63, 3.8) is 0 Å². The lowest BCUT2D eigenvalue weighted by Gasteiger charge is -2.07. The Morgan fingerprint density at radius 2 is 1.95 bits per heavy atom. The normalized spacial score (nSPS) is 10.5. The summed E-state index contributed by atoms with van der Waals surface area (Å²) in [6.45, 7) is 8.77. The van der Waals surface area contributed by atoms with Crippen molar-refractivity contribution in [2.45, 2.75) is 26.8 Å². The van der Waals surface area contributed by atoms with E-state index in [1.807, 2.05) is 13.8 Å². The number of hydrogen-bond acceptors (Lipinski definition) is 4. The van der Waals surface area contributed by atoms with Gasteiger partial charge in [-0.2, -0.15) is 9.36 Å². The van der Waals surface area contributed by atoms with Crippen LogP contribution >= 0.6 is 0 Å². The van der Waals surface area contributed by atoms with E-state index in [4.69, 9.17) is 4.74 Å². The molecular weight excluding hydrogens is 256 g/mol. The van der Waals surface area contributed by atoms with E-state index in [-0.39, 0.29) is 5.69 Å². The van der Waals surface area contributed by atoms with Crippen molar-refractivity contribution < 1.29 is 4.74 Å². The van der Waals surface area contributed by atoms with Gasteiger partial charge in [0.25, 0.3) is 0 Å². The van der Waals surface area contributed by atoms with Gasteiger partial charge < -0.3 is 4.74 Å². The molecule has 0 unspecified atom stereocenters. The van der Waals surface area contributed by atoms with Crippen LogP contribution in [-0.2, 0) is 6.54 Å². The number of benzene rings is 1. The molecule has 1 heterocycles. The Bertz CT molecular complexity index is 640. The molecule has 106 valence electrons. The van der Waals surface area contributed by atoms with Crippen LogP contribution in [0.4, 0.5) is 0 Å². The molecule has 0 aliphatic carbocycles. The van der Waals surface area contributed by atoms with Crippen LogP contribution in [0.5, 0.6) is 5.75 Å². The Labute approximate surface area is 117 Å². The van der Waals surface area contributed by atoms with Crippen LogP contribution in [0.1, 0.15) is 20.3 Å². The summed E-state index contributed by atoms with van der Waals surface area (Å²) in [4.78, 5) is 11.9. The maximum Gasteiger partial charge on any atom is 0.368 e. The van der Waals surface area contributed by atoms with Crippen molar-refractivity contribution in [3.8, 4) is 11.4 Å². The van der Waals surface area contributed by atoms with Gasteiger partial charge in [0, 0.05) is 6.54 Å². The number of aromatic nitrogens is 4. The molecule has 0 aliphatic heterocycles. The van der Waals surface area contributed by atoms with Gasteiger partial charge in [0.05, 0.1) is 5.69 Å². The molecule has 0 N–H and O–H groups in total. The summed E-state index contributed by atoms with van der Waals surface area (Å²) in [5.74, 6) is 0.735. The highest BCUT2D eigenvalue weighted by atomic mass is 16.5. The maximum absolute atomic E-state index is 11.9. The van der Waals surface area contributed by atoms with E-state index in [2.05, 4.69) is 17.0 Å². The second-order valence-corrected chi connectivity index (χ2v) is 4.38. The zero-order valence-electron chi connectivity index (χ0n) is 11.7. The SMILES string of the molecule is C=C(CC)COc1ccc(-n2nnn(CC)c2=O)cc1. The molecule has 6 heteroatoms. The van der Waals surface area contributed by atoms with Crippen LogP contribution < -0.4 is 10.4 Å². The Balaban J connectivity index is 2.13. The summed E-state index contributed by atoms with van der Waals surface area (Å²) in [5.41, 5.74) is 1.45. The fourth-order valence-electron chi connectivity index (χ4n) is 1.61. The maximum atomic E-state index is 11.9. The topological polar surface area (TPSA) is 61.9 Å². The first-order valence-corrected chi connectivity index (χ1v) is 6.58. The van der Waals surface area contributed by atoms with Gasteiger partial charge in [-0.3, -0.25) is 0 Å². The van der Waals surface area contributed by atoms with E-state index >= 15 is 0 Å². The zero-order valence-corrected chi connectivity index (χ0v) is 11.7. The van der Waals surface area contributed by atoms with E-state index < -0.39 is 0 Å². The van der Waals surface area contributed by atoms with Crippen LogP contribution in [0.3, 0.4) is 0 Å². The van der Waals surface area contributed by atoms with Gasteiger partial charge in [-0.05, 0) is 53.6 Å². The van der Waals surface area contributed by atoms with Crippen LogP contribution in [-0.4, -0.2) is 26.4 Å². The molecular formula is C14H18N4O2. The number of nitrogens with zero attached hydrogens (tertiary/aromatic N) is 4. The molecule has 0 fully saturated rings. The first kappa shape index (κ1) is 14.0. The summed E-state index contributed by atoms with van der Waals surface area (Å²) < 4.78 is 8.14. The minimum atomic E-state index is -0.250. The minimum absolute atomic E-state index is 0.250. The fraction of sp³-hybridized carbons (Fsp3) is 0.357. The average Bonchev–Trinajstić information content (AvgIpc) is 2.86. The Hall–Kier alpha value is -2.37. The largest absolute Gasteiger partial charge is 0.489 e. The molecule has 0 bridgehead atoms. The molecule has 0 aliphatic rings. The standard InChI is InChI=1S/C14H18N4O2/c1-4-11(3)10-20-13-8-6-12(7-9-13)18-14(19)17(5-2)15-16-18/h6-9H,3-5,10H2,1-2H3. The highest BCUT2D eigenvalue weighted by molar-refractivity contribution is 5.36. The molecule has 0 saturated carbocycles. The summed E-state index contributed by atoms with van der Waals surface area (Å²) >= 11 is 0. The molecule has 0 spiro atoms. The van der Waals surface area contributed by atoms with Gasteiger partial charge in [0.2, 0.25) is 0 Å². The summed E-state index contributed by atoms with van der Waals surface area (Å²) in [6.07, 6.45) is 0.896. The van der Waals surface area contributed by atoms with Gasteiger partial charge in [-0.1, -0.05) is 13.5 Å². The molecule has 20 heavy (non-hydrogen) atoms. The highest BCUT2D eigenvalue weighted by Crippen LogP contribution is 2.14. The number of aryl methyl sites for hydroxylation is 1. The summed E-state index contributed by atoms with van der Waals surface area (Å²) in [6, 6.07) is 7.16. The predicted octanol–water partition coefficient (Wildman–Crippen LogP) is 1.79. The van der Waals surface area contributed by atoms with Crippen molar-refractivity contribution in [1.29, 1.82) is 0 Å². The van der Waals surface area contributed by atoms with E-state index in [0.29, 0.717) is 18.8 Å². The summed E-state index contributed by atoms with van der Waals surface area (Å²) in [7, 11) is 0. The van der Waals surface area contributed by atoms with Crippen molar-refractivity contribution in [3.05, 3.63) is 46.9 Å². The van der Waals surface area contributed by atoms with E-state index in [1.54, 1.807) is 24.3 Å². The predicted molar refractivity (Wildman–Crippen MR) is 76.2 cm³/mol. The number of rotatable bonds is 6. The second-order valence-electron chi connectivity index (χ2n) is 4.38. The average molecular weight is 274 g/mol. The smallest absolute Gasteiger partial charge is 0.368 e. The van der Waals surface area contributed by atoms with Crippen LogP contribution in [0.2, 0.25) is 0 Å². The van der Waals surface area contributed by atoms with Crippen LogP contribution in [0.15, 0.2) is 41.2 Å². The molecule has 2 rings (SSSR count). The third-order valence-electron chi connectivity index (χ3n) is 2.96. The molecule has 0 amide bonds. The molecule has 1 aromatic carbocycles. The minimum Gasteiger partial charge on any atom is -0.489 e. The molecule has 0 atom stereocenters. The molecule has 1 aromatic heterocycles. The number of tetrazole rings is 1. The quantitative estimate of drug-likeness (QED) is 0.753. The molecule has 0 saturated heterocycles. The van der Waals surface area contributed by atoms with Crippen LogP contribution in [0, 0.1) is 0 Å².